The molecule has 0 radical (unpaired) electrons. The molecular weight excluding hydrogens is 398 g/mol. The van der Waals surface area contributed by atoms with Gasteiger partial charge in [-0.15, -0.1) is 0 Å². The van der Waals surface area contributed by atoms with E-state index in [9.17, 15) is 9.59 Å². The fraction of sp³-hybridized carbons (Fsp3) is 0.0455. The van der Waals surface area contributed by atoms with Gasteiger partial charge >= 0.3 is 6.03 Å². The van der Waals surface area contributed by atoms with Crippen molar-refractivity contribution >= 4 is 46.1 Å². The van der Waals surface area contributed by atoms with Crippen LogP contribution in [-0.4, -0.2) is 21.9 Å². The lowest BCUT2D eigenvalue weighted by Gasteiger charge is -2.11. The molecule has 0 fully saturated rings. The quantitative estimate of drug-likeness (QED) is 0.343. The normalized spacial score (nSPS) is 10.7. The number of benzene rings is 3. The van der Waals surface area contributed by atoms with E-state index in [-0.39, 0.29) is 5.91 Å². The Kier molecular flexibility index (Phi) is 5.67. The van der Waals surface area contributed by atoms with Crippen LogP contribution in [0, 0.1) is 0 Å². The Labute approximate surface area is 177 Å². The number of para-hydroxylation sites is 2. The largest absolute Gasteiger partial charge is 0.351 e. The third-order valence-electron chi connectivity index (χ3n) is 4.38. The second-order valence-corrected chi connectivity index (χ2v) is 7.49. The number of anilines is 2. The van der Waals surface area contributed by atoms with Crippen LogP contribution in [0.1, 0.15) is 15.9 Å². The number of hydrogen-bond acceptors (Lipinski definition) is 4. The minimum absolute atomic E-state index is 0.230. The molecule has 4 aromatic rings. The molecule has 0 aliphatic carbocycles. The summed E-state index contributed by atoms with van der Waals surface area (Å²) in [5, 5.41) is 6.16. The summed E-state index contributed by atoms with van der Waals surface area (Å²) in [6.45, 7) is 0. The number of rotatable bonds is 6. The van der Waals surface area contributed by atoms with Crippen LogP contribution in [0.3, 0.4) is 0 Å². The summed E-state index contributed by atoms with van der Waals surface area (Å²) < 4.78 is 0. The lowest BCUT2D eigenvalue weighted by molar-refractivity contribution is 0.102. The summed E-state index contributed by atoms with van der Waals surface area (Å²) in [5.41, 5.74) is 9.58. The molecule has 150 valence electrons. The van der Waals surface area contributed by atoms with Crippen LogP contribution < -0.4 is 16.4 Å². The number of nitrogens with two attached hydrogens (primary N) is 1. The smallest absolute Gasteiger partial charge is 0.316 e. The number of hydrogen-bond donors (Lipinski definition) is 4. The van der Waals surface area contributed by atoms with Gasteiger partial charge in [0.1, 0.15) is 0 Å². The number of carbonyl (C=O) groups is 2. The van der Waals surface area contributed by atoms with E-state index in [1.54, 1.807) is 30.3 Å². The average molecular weight is 417 g/mol. The van der Waals surface area contributed by atoms with Gasteiger partial charge in [0.15, 0.2) is 5.16 Å². The standard InChI is InChI=1S/C22H19N5O2S/c23-21(29)25-16-8-5-7-15(12-16)24-20(28)17-9-2-1-6-14(17)13-30-22-26-18-10-3-4-11-19(18)27-22/h1-12H,13H2,(H,24,28)(H,26,27)(H3,23,25,29). The zero-order valence-electron chi connectivity index (χ0n) is 15.9. The first-order valence-corrected chi connectivity index (χ1v) is 10.2. The van der Waals surface area contributed by atoms with Gasteiger partial charge in [-0.2, -0.15) is 0 Å². The van der Waals surface area contributed by atoms with Crippen molar-refractivity contribution in [3.63, 3.8) is 0 Å². The fourth-order valence-corrected chi connectivity index (χ4v) is 3.92. The number of H-pyrrole nitrogens is 1. The van der Waals surface area contributed by atoms with Gasteiger partial charge in [-0.3, -0.25) is 4.79 Å². The van der Waals surface area contributed by atoms with E-state index >= 15 is 0 Å². The maximum absolute atomic E-state index is 12.9. The molecular formula is C22H19N5O2S. The van der Waals surface area contributed by atoms with Crippen molar-refractivity contribution in [2.45, 2.75) is 10.9 Å². The summed E-state index contributed by atoms with van der Waals surface area (Å²) in [6.07, 6.45) is 0. The number of nitrogens with zero attached hydrogens (tertiary/aromatic N) is 1. The van der Waals surface area contributed by atoms with E-state index in [0.29, 0.717) is 22.7 Å². The number of aromatic nitrogens is 2. The Morgan fingerprint density at radius 1 is 0.933 bits per heavy atom. The summed E-state index contributed by atoms with van der Waals surface area (Å²) in [7, 11) is 0. The molecule has 0 aliphatic heterocycles. The Morgan fingerprint density at radius 3 is 2.47 bits per heavy atom. The number of amides is 3. The number of urea groups is 1. The Bertz CT molecular complexity index is 1190. The van der Waals surface area contributed by atoms with Crippen molar-refractivity contribution in [2.24, 2.45) is 5.73 Å². The predicted octanol–water partition coefficient (Wildman–Crippen LogP) is 4.60. The lowest BCUT2D eigenvalue weighted by atomic mass is 10.1. The molecule has 0 saturated heterocycles. The van der Waals surface area contributed by atoms with Crippen LogP contribution in [0.2, 0.25) is 0 Å². The van der Waals surface area contributed by atoms with Crippen LogP contribution >= 0.6 is 11.8 Å². The molecule has 0 saturated carbocycles. The first-order chi connectivity index (χ1) is 14.6. The van der Waals surface area contributed by atoms with Crippen LogP contribution in [0.25, 0.3) is 11.0 Å². The van der Waals surface area contributed by atoms with Gasteiger partial charge in [0.25, 0.3) is 5.91 Å². The van der Waals surface area contributed by atoms with Crippen molar-refractivity contribution in [1.29, 1.82) is 0 Å². The van der Waals surface area contributed by atoms with E-state index in [1.807, 2.05) is 42.5 Å². The molecule has 3 aromatic carbocycles. The molecule has 0 atom stereocenters. The number of aromatic amines is 1. The van der Waals surface area contributed by atoms with Crippen LogP contribution in [0.15, 0.2) is 78.0 Å². The number of primary amides is 1. The topological polar surface area (TPSA) is 113 Å². The minimum atomic E-state index is -0.661. The van der Waals surface area contributed by atoms with Gasteiger partial charge in [0.05, 0.1) is 11.0 Å². The van der Waals surface area contributed by atoms with Crippen molar-refractivity contribution in [1.82, 2.24) is 9.97 Å². The lowest BCUT2D eigenvalue weighted by Crippen LogP contribution is -2.19. The molecule has 3 amide bonds. The highest BCUT2D eigenvalue weighted by Gasteiger charge is 2.13. The fourth-order valence-electron chi connectivity index (χ4n) is 3.03. The van der Waals surface area contributed by atoms with Gasteiger partial charge in [0.2, 0.25) is 0 Å². The maximum atomic E-state index is 12.9. The molecule has 0 aliphatic rings. The first-order valence-electron chi connectivity index (χ1n) is 9.22. The highest BCUT2D eigenvalue weighted by molar-refractivity contribution is 7.98. The second kappa shape index (κ2) is 8.71. The third-order valence-corrected chi connectivity index (χ3v) is 5.30. The van der Waals surface area contributed by atoms with Crippen molar-refractivity contribution in [3.8, 4) is 0 Å². The number of carbonyl (C=O) groups excluding carboxylic acids is 2. The molecule has 0 unspecified atom stereocenters. The monoisotopic (exact) mass is 417 g/mol. The minimum Gasteiger partial charge on any atom is -0.351 e. The van der Waals surface area contributed by atoms with Gasteiger partial charge in [-0.25, -0.2) is 9.78 Å². The first kappa shape index (κ1) is 19.5. The number of nitrogens with one attached hydrogen (secondary N) is 3. The molecule has 0 spiro atoms. The van der Waals surface area contributed by atoms with E-state index < -0.39 is 6.03 Å². The van der Waals surface area contributed by atoms with Gasteiger partial charge < -0.3 is 21.4 Å². The zero-order chi connectivity index (χ0) is 20.9. The third kappa shape index (κ3) is 4.61. The number of fused-ring (bicyclic) bond motifs is 1. The van der Waals surface area contributed by atoms with Crippen LogP contribution in [0.4, 0.5) is 16.2 Å². The Morgan fingerprint density at radius 2 is 1.67 bits per heavy atom. The van der Waals surface area contributed by atoms with Gasteiger partial charge in [-0.05, 0) is 42.0 Å². The molecule has 0 bridgehead atoms. The summed E-state index contributed by atoms with van der Waals surface area (Å²) in [4.78, 5) is 31.7. The summed E-state index contributed by atoms with van der Waals surface area (Å²) in [5.74, 6) is 0.360. The van der Waals surface area contributed by atoms with E-state index in [1.165, 1.54) is 11.8 Å². The molecule has 1 aromatic heterocycles. The molecule has 4 rings (SSSR count). The Hall–Kier alpha value is -3.78. The molecule has 5 N–H and O–H groups in total. The summed E-state index contributed by atoms with van der Waals surface area (Å²) in [6, 6.07) is 21.4. The second-order valence-electron chi connectivity index (χ2n) is 6.53. The van der Waals surface area contributed by atoms with E-state index in [0.717, 1.165) is 21.8 Å². The van der Waals surface area contributed by atoms with Crippen molar-refractivity contribution in [3.05, 3.63) is 83.9 Å². The predicted molar refractivity (Wildman–Crippen MR) is 120 cm³/mol. The van der Waals surface area contributed by atoms with Gasteiger partial charge in [-0.1, -0.05) is 48.2 Å². The molecule has 8 heteroatoms. The van der Waals surface area contributed by atoms with Gasteiger partial charge in [0, 0.05) is 22.7 Å². The zero-order valence-corrected chi connectivity index (χ0v) is 16.7. The molecule has 1 heterocycles. The number of imidazole rings is 1. The van der Waals surface area contributed by atoms with Crippen molar-refractivity contribution in [2.75, 3.05) is 10.6 Å². The van der Waals surface area contributed by atoms with Crippen LogP contribution in [-0.2, 0) is 5.75 Å². The SMILES string of the molecule is NC(=O)Nc1cccc(NC(=O)c2ccccc2CSc2nc3ccccc3[nH]2)c1. The van der Waals surface area contributed by atoms with Crippen LogP contribution in [0.5, 0.6) is 0 Å². The Balaban J connectivity index is 1.48. The maximum Gasteiger partial charge on any atom is 0.316 e. The average Bonchev–Trinajstić information content (AvgIpc) is 3.15. The summed E-state index contributed by atoms with van der Waals surface area (Å²) >= 11 is 1.54. The molecule has 30 heavy (non-hydrogen) atoms. The number of thioether (sulfide) groups is 1. The highest BCUT2D eigenvalue weighted by Crippen LogP contribution is 2.25. The van der Waals surface area contributed by atoms with E-state index in [4.69, 9.17) is 5.73 Å². The van der Waals surface area contributed by atoms with E-state index in [2.05, 4.69) is 20.6 Å². The highest BCUT2D eigenvalue weighted by atomic mass is 32.2. The van der Waals surface area contributed by atoms with Crippen molar-refractivity contribution < 1.29 is 9.59 Å². The molecule has 7 nitrogen and oxygen atoms in total.